The number of thiophene rings is 1. The Morgan fingerprint density at radius 1 is 1.22 bits per heavy atom. The molecule has 5 nitrogen and oxygen atoms in total. The molecule has 3 saturated heterocycles. The minimum atomic E-state index is -4.20. The van der Waals surface area contributed by atoms with Crippen LogP contribution in [0, 0.1) is 11.3 Å². The van der Waals surface area contributed by atoms with Gasteiger partial charge in [0.1, 0.15) is 17.0 Å². The normalized spacial score (nSPS) is 23.1. The van der Waals surface area contributed by atoms with Crippen LogP contribution in [0.3, 0.4) is 0 Å². The van der Waals surface area contributed by atoms with E-state index in [0.29, 0.717) is 15.1 Å². The van der Waals surface area contributed by atoms with E-state index in [9.17, 15) is 13.2 Å². The van der Waals surface area contributed by atoms with E-state index in [1.54, 1.807) is 6.07 Å². The average Bonchev–Trinajstić information content (AvgIpc) is 3.11. The maximum Gasteiger partial charge on any atom is 0.393 e. The van der Waals surface area contributed by atoms with Gasteiger partial charge in [0, 0.05) is 56.1 Å². The number of nitrogens with zero attached hydrogens (tertiary/aromatic N) is 4. The third kappa shape index (κ3) is 3.40. The number of likely N-dealkylation sites (tertiary alicyclic amines) is 1. The van der Waals surface area contributed by atoms with Crippen molar-refractivity contribution in [3.8, 4) is 0 Å². The van der Waals surface area contributed by atoms with Crippen LogP contribution < -0.4 is 10.2 Å². The van der Waals surface area contributed by atoms with Crippen LogP contribution in [0.1, 0.15) is 11.3 Å². The first-order valence-corrected chi connectivity index (χ1v) is 10.2. The molecule has 1 N–H and O–H groups in total. The molecule has 2 aromatic rings. The van der Waals surface area contributed by atoms with Crippen LogP contribution in [0.5, 0.6) is 0 Å². The Balaban J connectivity index is 1.30. The molecule has 0 radical (unpaired) electrons. The minimum Gasteiger partial charge on any atom is -0.355 e. The summed E-state index contributed by atoms with van der Waals surface area (Å²) in [5.41, 5.74) is 0.319. The van der Waals surface area contributed by atoms with Gasteiger partial charge in [0.15, 0.2) is 0 Å². The third-order valence-corrected chi connectivity index (χ3v) is 7.02. The van der Waals surface area contributed by atoms with Gasteiger partial charge in [-0.1, -0.05) is 0 Å². The number of rotatable bonds is 4. The number of fused-ring (bicyclic) bond motifs is 1. The molecule has 1 spiro atoms. The summed E-state index contributed by atoms with van der Waals surface area (Å²) >= 11 is 1.12. The average molecular weight is 397 g/mol. The van der Waals surface area contributed by atoms with Gasteiger partial charge in [-0.25, -0.2) is 9.97 Å². The van der Waals surface area contributed by atoms with Gasteiger partial charge in [-0.2, -0.15) is 13.2 Å². The Hall–Kier alpha value is -1.45. The molecular formula is C18H22F3N5S. The minimum absolute atomic E-state index is 0.303. The molecule has 9 heteroatoms. The van der Waals surface area contributed by atoms with Gasteiger partial charge in [0.25, 0.3) is 0 Å². The summed E-state index contributed by atoms with van der Waals surface area (Å²) in [6.45, 7) is 7.53. The van der Waals surface area contributed by atoms with E-state index in [2.05, 4.69) is 25.1 Å². The van der Waals surface area contributed by atoms with E-state index in [1.165, 1.54) is 12.9 Å². The molecular weight excluding hydrogens is 375 g/mol. The van der Waals surface area contributed by atoms with Crippen molar-refractivity contribution < 1.29 is 13.2 Å². The lowest BCUT2D eigenvalue weighted by Crippen LogP contribution is -2.61. The first-order chi connectivity index (χ1) is 12.9. The quantitative estimate of drug-likeness (QED) is 0.859. The van der Waals surface area contributed by atoms with Gasteiger partial charge in [-0.3, -0.25) is 0 Å². The number of halogens is 3. The second kappa shape index (κ2) is 6.28. The molecule has 0 amide bonds. The van der Waals surface area contributed by atoms with E-state index in [1.807, 2.05) is 0 Å². The zero-order chi connectivity index (χ0) is 18.6. The Morgan fingerprint density at radius 2 is 2.04 bits per heavy atom. The summed E-state index contributed by atoms with van der Waals surface area (Å²) in [6.07, 6.45) is -2.50. The second-order valence-electron chi connectivity index (χ2n) is 8.29. The zero-order valence-corrected chi connectivity index (χ0v) is 15.7. The first kappa shape index (κ1) is 17.6. The van der Waals surface area contributed by atoms with Gasteiger partial charge >= 0.3 is 6.18 Å². The highest BCUT2D eigenvalue weighted by Crippen LogP contribution is 2.43. The van der Waals surface area contributed by atoms with Crippen molar-refractivity contribution in [2.24, 2.45) is 11.3 Å². The van der Waals surface area contributed by atoms with Crippen LogP contribution in [-0.4, -0.2) is 66.9 Å². The van der Waals surface area contributed by atoms with Crippen molar-refractivity contribution in [1.29, 1.82) is 0 Å². The first-order valence-electron chi connectivity index (χ1n) is 9.37. The highest BCUT2D eigenvalue weighted by atomic mass is 32.1. The van der Waals surface area contributed by atoms with Crippen LogP contribution in [-0.2, 0) is 6.42 Å². The number of aromatic nitrogens is 2. The number of hydrogen-bond donors (Lipinski definition) is 1. The SMILES string of the molecule is FC(F)(F)Cc1cc2c(N3CCC4(CN(CC5CNC5)C4)C3)ncnc2s1. The number of nitrogens with one attached hydrogen (secondary N) is 1. The predicted molar refractivity (Wildman–Crippen MR) is 99.2 cm³/mol. The molecule has 3 aliphatic rings. The van der Waals surface area contributed by atoms with Crippen molar-refractivity contribution >= 4 is 27.4 Å². The van der Waals surface area contributed by atoms with Gasteiger partial charge in [0.05, 0.1) is 11.8 Å². The van der Waals surface area contributed by atoms with Crippen molar-refractivity contribution in [2.45, 2.75) is 19.0 Å². The molecule has 3 fully saturated rings. The molecule has 5 heterocycles. The van der Waals surface area contributed by atoms with Gasteiger partial charge in [-0.15, -0.1) is 11.3 Å². The highest BCUT2D eigenvalue weighted by Gasteiger charge is 2.48. The van der Waals surface area contributed by atoms with Crippen molar-refractivity contribution in [2.75, 3.05) is 50.7 Å². The Kier molecular flexibility index (Phi) is 4.10. The van der Waals surface area contributed by atoms with Crippen LogP contribution >= 0.6 is 11.3 Å². The topological polar surface area (TPSA) is 44.3 Å². The van der Waals surface area contributed by atoms with Gasteiger partial charge in [0.2, 0.25) is 0 Å². The zero-order valence-electron chi connectivity index (χ0n) is 14.9. The Bertz CT molecular complexity index is 841. The molecule has 3 aliphatic heterocycles. The Morgan fingerprint density at radius 3 is 2.74 bits per heavy atom. The monoisotopic (exact) mass is 397 g/mol. The van der Waals surface area contributed by atoms with Crippen LogP contribution in [0.15, 0.2) is 12.4 Å². The highest BCUT2D eigenvalue weighted by molar-refractivity contribution is 7.18. The number of anilines is 1. The molecule has 5 rings (SSSR count). The second-order valence-corrected chi connectivity index (χ2v) is 9.40. The van der Waals surface area contributed by atoms with E-state index < -0.39 is 12.6 Å². The number of alkyl halides is 3. The molecule has 27 heavy (non-hydrogen) atoms. The van der Waals surface area contributed by atoms with Crippen molar-refractivity contribution in [3.63, 3.8) is 0 Å². The Labute approximate surface area is 159 Å². The van der Waals surface area contributed by atoms with E-state index >= 15 is 0 Å². The molecule has 0 aliphatic carbocycles. The standard InChI is InChI=1S/C18H22F3N5S/c19-18(20,21)4-13-3-14-15(23-11-24-16(14)27-13)26-2-1-17(10-26)8-25(9-17)7-12-5-22-6-12/h3,11-12,22H,1-2,4-10H2. The van der Waals surface area contributed by atoms with Gasteiger partial charge < -0.3 is 15.1 Å². The van der Waals surface area contributed by atoms with Crippen molar-refractivity contribution in [1.82, 2.24) is 20.2 Å². The van der Waals surface area contributed by atoms with Gasteiger partial charge in [-0.05, 0) is 18.4 Å². The van der Waals surface area contributed by atoms with E-state index in [-0.39, 0.29) is 0 Å². The largest absolute Gasteiger partial charge is 0.393 e. The number of hydrogen-bond acceptors (Lipinski definition) is 6. The molecule has 0 atom stereocenters. The molecule has 0 unspecified atom stereocenters. The van der Waals surface area contributed by atoms with Crippen LogP contribution in [0.4, 0.5) is 19.0 Å². The lowest BCUT2D eigenvalue weighted by molar-refractivity contribution is -0.126. The summed E-state index contributed by atoms with van der Waals surface area (Å²) in [5.74, 6) is 1.59. The molecule has 2 aromatic heterocycles. The lowest BCUT2D eigenvalue weighted by Gasteiger charge is -2.50. The maximum absolute atomic E-state index is 12.7. The fraction of sp³-hybridized carbons (Fsp3) is 0.667. The smallest absolute Gasteiger partial charge is 0.355 e. The molecule has 0 bridgehead atoms. The van der Waals surface area contributed by atoms with E-state index in [0.717, 1.165) is 74.1 Å². The lowest BCUT2D eigenvalue weighted by atomic mass is 9.78. The third-order valence-electron chi connectivity index (χ3n) is 5.97. The summed E-state index contributed by atoms with van der Waals surface area (Å²) in [6, 6.07) is 1.63. The fourth-order valence-electron chi connectivity index (χ4n) is 4.68. The van der Waals surface area contributed by atoms with Crippen molar-refractivity contribution in [3.05, 3.63) is 17.3 Å². The summed E-state index contributed by atoms with van der Waals surface area (Å²) in [5, 5.41) is 4.08. The molecule has 0 aromatic carbocycles. The molecule has 0 saturated carbocycles. The molecule has 146 valence electrons. The maximum atomic E-state index is 12.7. The summed E-state index contributed by atoms with van der Waals surface area (Å²) < 4.78 is 38.2. The van der Waals surface area contributed by atoms with Crippen LogP contribution in [0.25, 0.3) is 10.2 Å². The summed E-state index contributed by atoms with van der Waals surface area (Å²) in [4.78, 5) is 14.4. The van der Waals surface area contributed by atoms with E-state index in [4.69, 9.17) is 0 Å². The van der Waals surface area contributed by atoms with Crippen LogP contribution in [0.2, 0.25) is 0 Å². The predicted octanol–water partition coefficient (Wildman–Crippen LogP) is 2.53. The summed E-state index contributed by atoms with van der Waals surface area (Å²) in [7, 11) is 0. The fourth-order valence-corrected chi connectivity index (χ4v) is 5.70.